The summed E-state index contributed by atoms with van der Waals surface area (Å²) in [7, 11) is 0. The molecule has 0 aromatic carbocycles. The molecule has 2 aliphatic heterocycles. The van der Waals surface area contributed by atoms with Gasteiger partial charge in [0.15, 0.2) is 0 Å². The van der Waals surface area contributed by atoms with E-state index < -0.39 is 11.9 Å². The second-order valence-corrected chi connectivity index (χ2v) is 7.67. The normalized spacial score (nSPS) is 25.7. The summed E-state index contributed by atoms with van der Waals surface area (Å²) >= 11 is 1.54. The van der Waals surface area contributed by atoms with E-state index in [1.54, 1.807) is 22.7 Å². The van der Waals surface area contributed by atoms with Crippen LogP contribution in [0.4, 0.5) is 0 Å². The Bertz CT molecular complexity index is 828. The Morgan fingerprint density at radius 2 is 2.29 bits per heavy atom. The number of amides is 2. The Balaban J connectivity index is 1.90. The SMILES string of the molecule is CC1(C)SC2/C(=C\c3cc(C(=O)N=[N+]=[N-])ccn3)C(=O)N2[C@H]1C=O. The lowest BCUT2D eigenvalue weighted by Crippen LogP contribution is -2.56. The Hall–Kier alpha value is -2.64. The fraction of sp³-hybridized carbons (Fsp3) is 0.333. The molecule has 3 rings (SSSR count). The number of carbonyl (C=O) groups is 3. The van der Waals surface area contributed by atoms with Crippen LogP contribution in [-0.2, 0) is 9.59 Å². The van der Waals surface area contributed by atoms with E-state index in [-0.39, 0.29) is 21.6 Å². The second-order valence-electron chi connectivity index (χ2n) is 5.93. The Morgan fingerprint density at radius 1 is 1.54 bits per heavy atom. The first-order chi connectivity index (χ1) is 11.4. The number of fused-ring (bicyclic) bond motifs is 1. The molecule has 2 amide bonds. The van der Waals surface area contributed by atoms with Crippen LogP contribution in [0.5, 0.6) is 0 Å². The molecule has 0 spiro atoms. The van der Waals surface area contributed by atoms with Gasteiger partial charge in [0.05, 0.1) is 11.3 Å². The van der Waals surface area contributed by atoms with E-state index in [0.717, 1.165) is 6.29 Å². The molecule has 0 saturated carbocycles. The van der Waals surface area contributed by atoms with Gasteiger partial charge in [-0.25, -0.2) is 0 Å². The summed E-state index contributed by atoms with van der Waals surface area (Å²) in [5.74, 6) is -0.915. The number of hydrogen-bond acceptors (Lipinski definition) is 5. The number of azide groups is 1. The molecule has 8 nitrogen and oxygen atoms in total. The van der Waals surface area contributed by atoms with Crippen LogP contribution in [0.3, 0.4) is 0 Å². The summed E-state index contributed by atoms with van der Waals surface area (Å²) in [6.45, 7) is 3.86. The third-order valence-electron chi connectivity index (χ3n) is 4.02. The predicted molar refractivity (Wildman–Crippen MR) is 87.8 cm³/mol. The summed E-state index contributed by atoms with van der Waals surface area (Å²) in [5.41, 5.74) is 9.48. The fourth-order valence-corrected chi connectivity index (χ4v) is 4.33. The van der Waals surface area contributed by atoms with E-state index in [1.165, 1.54) is 18.3 Å². The molecule has 9 heteroatoms. The molecule has 0 bridgehead atoms. The van der Waals surface area contributed by atoms with E-state index in [9.17, 15) is 14.4 Å². The lowest BCUT2D eigenvalue weighted by Gasteiger charge is -2.38. The van der Waals surface area contributed by atoms with Gasteiger partial charge < -0.3 is 9.69 Å². The Morgan fingerprint density at radius 3 is 2.96 bits per heavy atom. The second kappa shape index (κ2) is 5.77. The highest BCUT2D eigenvalue weighted by Gasteiger charge is 2.58. The van der Waals surface area contributed by atoms with Crippen molar-refractivity contribution < 1.29 is 14.4 Å². The molecule has 1 aromatic heterocycles. The van der Waals surface area contributed by atoms with Crippen LogP contribution in [0, 0.1) is 0 Å². The van der Waals surface area contributed by atoms with Gasteiger partial charge in [0.1, 0.15) is 17.7 Å². The minimum absolute atomic E-state index is 0.194. The van der Waals surface area contributed by atoms with Crippen molar-refractivity contribution in [2.45, 2.75) is 30.0 Å². The van der Waals surface area contributed by atoms with E-state index in [0.29, 0.717) is 11.3 Å². The van der Waals surface area contributed by atoms with E-state index in [2.05, 4.69) is 15.0 Å². The zero-order valence-electron chi connectivity index (χ0n) is 12.9. The van der Waals surface area contributed by atoms with Crippen molar-refractivity contribution in [2.75, 3.05) is 0 Å². The highest BCUT2D eigenvalue weighted by molar-refractivity contribution is 8.01. The molecule has 1 unspecified atom stereocenters. The van der Waals surface area contributed by atoms with Gasteiger partial charge in [-0.2, -0.15) is 0 Å². The highest BCUT2D eigenvalue weighted by Crippen LogP contribution is 2.52. The topological polar surface area (TPSA) is 116 Å². The molecular weight excluding hydrogens is 330 g/mol. The molecule has 3 heterocycles. The predicted octanol–water partition coefficient (Wildman–Crippen LogP) is 2.18. The van der Waals surface area contributed by atoms with Crippen LogP contribution in [0.25, 0.3) is 16.5 Å². The van der Waals surface area contributed by atoms with Crippen LogP contribution >= 0.6 is 11.8 Å². The first-order valence-electron chi connectivity index (χ1n) is 7.12. The van der Waals surface area contributed by atoms with E-state index in [4.69, 9.17) is 5.53 Å². The molecule has 0 radical (unpaired) electrons. The van der Waals surface area contributed by atoms with Crippen LogP contribution in [-0.4, -0.2) is 44.1 Å². The van der Waals surface area contributed by atoms with Crippen LogP contribution in [0.2, 0.25) is 0 Å². The van der Waals surface area contributed by atoms with Crippen molar-refractivity contribution in [1.82, 2.24) is 9.88 Å². The molecule has 2 saturated heterocycles. The number of hydrogen-bond donors (Lipinski definition) is 0. The maximum Gasteiger partial charge on any atom is 0.254 e. The van der Waals surface area contributed by atoms with Crippen molar-refractivity contribution in [2.24, 2.45) is 5.11 Å². The summed E-state index contributed by atoms with van der Waals surface area (Å²) < 4.78 is -0.357. The molecule has 2 aliphatic rings. The average molecular weight is 343 g/mol. The number of aromatic nitrogens is 1. The maximum absolute atomic E-state index is 12.4. The van der Waals surface area contributed by atoms with E-state index >= 15 is 0 Å². The molecule has 1 aromatic rings. The number of β-lactam (4-membered cyclic amide) rings is 1. The monoisotopic (exact) mass is 343 g/mol. The molecule has 2 fully saturated rings. The fourth-order valence-electron chi connectivity index (χ4n) is 2.81. The van der Waals surface area contributed by atoms with E-state index in [1.807, 2.05) is 13.8 Å². The van der Waals surface area contributed by atoms with Gasteiger partial charge in [0.2, 0.25) is 5.91 Å². The number of rotatable bonds is 3. The summed E-state index contributed by atoms with van der Waals surface area (Å²) in [6, 6.07) is 2.44. The van der Waals surface area contributed by atoms with Gasteiger partial charge in [-0.05, 0) is 42.7 Å². The van der Waals surface area contributed by atoms with Crippen molar-refractivity contribution in [1.29, 1.82) is 0 Å². The standard InChI is InChI=1S/C15H13N5O3S/c1-15(2)11(7-21)20-13(23)10(14(20)24-15)6-9-5-8(3-4-17-9)12(22)18-19-16/h3-7,11,14H,1-2H3/b10-6-/t11-,14?/m0/s1. The van der Waals surface area contributed by atoms with Gasteiger partial charge in [0.25, 0.3) is 5.91 Å². The first-order valence-corrected chi connectivity index (χ1v) is 8.00. The summed E-state index contributed by atoms with van der Waals surface area (Å²) in [5, 5.41) is 2.84. The largest absolute Gasteiger partial charge is 0.311 e. The van der Waals surface area contributed by atoms with Gasteiger partial charge >= 0.3 is 0 Å². The van der Waals surface area contributed by atoms with Crippen LogP contribution in [0.15, 0.2) is 29.0 Å². The van der Waals surface area contributed by atoms with Gasteiger partial charge in [-0.1, -0.05) is 0 Å². The maximum atomic E-state index is 12.4. The summed E-state index contributed by atoms with van der Waals surface area (Å²) in [6.07, 6.45) is 3.82. The van der Waals surface area contributed by atoms with Crippen LogP contribution < -0.4 is 0 Å². The van der Waals surface area contributed by atoms with Crippen LogP contribution in [0.1, 0.15) is 29.9 Å². The molecule has 0 aliphatic carbocycles. The third kappa shape index (κ3) is 2.47. The molecule has 2 atom stereocenters. The van der Waals surface area contributed by atoms with Crippen molar-refractivity contribution in [3.63, 3.8) is 0 Å². The molecular formula is C15H13N5O3S. The minimum Gasteiger partial charge on any atom is -0.311 e. The zero-order valence-corrected chi connectivity index (χ0v) is 13.7. The molecule has 0 N–H and O–H groups in total. The lowest BCUT2D eigenvalue weighted by molar-refractivity contribution is -0.139. The number of aldehydes is 1. The molecule has 122 valence electrons. The van der Waals surface area contributed by atoms with Crippen molar-refractivity contribution in [3.05, 3.63) is 45.6 Å². The Kier molecular flexibility index (Phi) is 3.90. The number of nitrogens with zero attached hydrogens (tertiary/aromatic N) is 5. The van der Waals surface area contributed by atoms with Gasteiger partial charge in [-0.3, -0.25) is 14.6 Å². The average Bonchev–Trinajstić information content (AvgIpc) is 2.80. The minimum atomic E-state index is -0.710. The Labute approximate surface area is 141 Å². The number of thioether (sulfide) groups is 1. The lowest BCUT2D eigenvalue weighted by atomic mass is 9.96. The van der Waals surface area contributed by atoms with Crippen molar-refractivity contribution in [3.8, 4) is 0 Å². The quantitative estimate of drug-likeness (QED) is 0.208. The number of carbonyl (C=O) groups excluding carboxylic acids is 3. The third-order valence-corrected chi connectivity index (χ3v) is 5.58. The zero-order chi connectivity index (χ0) is 17.5. The first kappa shape index (κ1) is 16.2. The van der Waals surface area contributed by atoms with Crippen molar-refractivity contribution >= 4 is 35.9 Å². The smallest absolute Gasteiger partial charge is 0.254 e. The molecule has 24 heavy (non-hydrogen) atoms. The highest BCUT2D eigenvalue weighted by atomic mass is 32.2. The summed E-state index contributed by atoms with van der Waals surface area (Å²) in [4.78, 5) is 43.4. The van der Waals surface area contributed by atoms with Gasteiger partial charge in [0, 0.05) is 21.4 Å². The number of pyridine rings is 1. The van der Waals surface area contributed by atoms with Gasteiger partial charge in [-0.15, -0.1) is 11.8 Å².